The summed E-state index contributed by atoms with van der Waals surface area (Å²) < 4.78 is 40.2. The molecule has 1 aromatic heterocycles. The van der Waals surface area contributed by atoms with E-state index in [1.165, 1.54) is 4.90 Å². The third-order valence-electron chi connectivity index (χ3n) is 3.57. The van der Waals surface area contributed by atoms with E-state index in [1.54, 1.807) is 24.3 Å². The van der Waals surface area contributed by atoms with Crippen molar-refractivity contribution in [3.63, 3.8) is 0 Å². The molecule has 11 heteroatoms. The maximum absolute atomic E-state index is 12.3. The molecule has 0 radical (unpaired) electrons. The van der Waals surface area contributed by atoms with Gasteiger partial charge in [0.2, 0.25) is 15.7 Å². The number of sulfone groups is 1. The third kappa shape index (κ3) is 4.71. The van der Waals surface area contributed by atoms with Gasteiger partial charge in [0.25, 0.3) is 5.89 Å². The highest BCUT2D eigenvalue weighted by Gasteiger charge is 2.29. The number of carbonyl (C=O) groups is 1. The van der Waals surface area contributed by atoms with Crippen LogP contribution in [0.4, 0.5) is 0 Å². The number of ether oxygens (including phenoxy) is 2. The van der Waals surface area contributed by atoms with Crippen molar-refractivity contribution in [2.24, 2.45) is 0 Å². The average Bonchev–Trinajstić information content (AvgIpc) is 3.12. The minimum Gasteiger partial charge on any atom is -0.484 e. The Bertz CT molecular complexity index is 862. The molecule has 9 nitrogen and oxygen atoms in total. The van der Waals surface area contributed by atoms with Gasteiger partial charge in [-0.1, -0.05) is 16.7 Å². The van der Waals surface area contributed by atoms with Crippen molar-refractivity contribution in [2.45, 2.75) is 11.8 Å². The fourth-order valence-electron chi connectivity index (χ4n) is 2.23. The average molecular weight is 402 g/mol. The zero-order valence-electron chi connectivity index (χ0n) is 13.6. The Hall–Kier alpha value is -2.17. The van der Waals surface area contributed by atoms with Crippen molar-refractivity contribution < 1.29 is 27.1 Å². The van der Waals surface area contributed by atoms with Crippen molar-refractivity contribution in [2.75, 3.05) is 32.1 Å². The zero-order chi connectivity index (χ0) is 18.6. The van der Waals surface area contributed by atoms with Crippen LogP contribution in [0.15, 0.2) is 33.9 Å². The Morgan fingerprint density at radius 2 is 1.88 bits per heavy atom. The molecule has 0 saturated carbocycles. The van der Waals surface area contributed by atoms with Crippen LogP contribution in [0, 0.1) is 0 Å². The van der Waals surface area contributed by atoms with E-state index >= 15 is 0 Å². The molecular weight excluding hydrogens is 386 g/mol. The second kappa shape index (κ2) is 8.02. The van der Waals surface area contributed by atoms with Crippen molar-refractivity contribution in [3.05, 3.63) is 35.2 Å². The van der Waals surface area contributed by atoms with Gasteiger partial charge in [0, 0.05) is 18.1 Å². The summed E-state index contributed by atoms with van der Waals surface area (Å²) >= 11 is 5.78. The van der Waals surface area contributed by atoms with Crippen molar-refractivity contribution in [1.29, 1.82) is 0 Å². The van der Waals surface area contributed by atoms with Crippen molar-refractivity contribution in [3.8, 4) is 5.75 Å². The van der Waals surface area contributed by atoms with Crippen LogP contribution in [0.2, 0.25) is 5.02 Å². The summed E-state index contributed by atoms with van der Waals surface area (Å²) in [6, 6.07) is 6.60. The molecule has 0 N–H and O–H groups in total. The molecule has 1 aliphatic rings. The molecular formula is C15H16ClN3O6S. The molecule has 140 valence electrons. The minimum atomic E-state index is -4.02. The predicted molar refractivity (Wildman–Crippen MR) is 89.5 cm³/mol. The molecule has 0 atom stereocenters. The van der Waals surface area contributed by atoms with E-state index in [1.807, 2.05) is 0 Å². The molecule has 2 heterocycles. The summed E-state index contributed by atoms with van der Waals surface area (Å²) in [4.78, 5) is 13.5. The lowest BCUT2D eigenvalue weighted by atomic mass is 10.3. The minimum absolute atomic E-state index is 0.0163. The van der Waals surface area contributed by atoms with Gasteiger partial charge in [0.1, 0.15) is 11.5 Å². The fraction of sp³-hybridized carbons (Fsp3) is 0.400. The van der Waals surface area contributed by atoms with E-state index in [0.29, 0.717) is 37.1 Å². The van der Waals surface area contributed by atoms with Crippen LogP contribution < -0.4 is 4.74 Å². The van der Waals surface area contributed by atoms with Crippen LogP contribution in [-0.2, 0) is 26.0 Å². The number of halogens is 1. The molecule has 3 rings (SSSR count). The second-order valence-corrected chi connectivity index (χ2v) is 7.76. The Labute approximate surface area is 154 Å². The first-order valence-electron chi connectivity index (χ1n) is 7.73. The molecule has 1 saturated heterocycles. The van der Waals surface area contributed by atoms with Gasteiger partial charge in [-0.2, -0.15) is 0 Å². The maximum atomic E-state index is 12.3. The normalized spacial score (nSPS) is 15.0. The molecule has 2 aromatic rings. The topological polar surface area (TPSA) is 112 Å². The van der Waals surface area contributed by atoms with Crippen molar-refractivity contribution in [1.82, 2.24) is 15.1 Å². The van der Waals surface area contributed by atoms with E-state index in [9.17, 15) is 13.2 Å². The SMILES string of the molecule is O=C(CS(=O)(=O)c1nnc(COc2ccc(Cl)cc2)o1)N1CCOCC1. The summed E-state index contributed by atoms with van der Waals surface area (Å²) in [6.45, 7) is 1.38. The number of rotatable bonds is 6. The predicted octanol–water partition coefficient (Wildman–Crippen LogP) is 0.934. The summed E-state index contributed by atoms with van der Waals surface area (Å²) in [7, 11) is -4.02. The van der Waals surface area contributed by atoms with Gasteiger partial charge in [0.05, 0.1) is 13.2 Å². The van der Waals surface area contributed by atoms with Crippen LogP contribution in [-0.4, -0.2) is 61.5 Å². The lowest BCUT2D eigenvalue weighted by Gasteiger charge is -2.26. The van der Waals surface area contributed by atoms with Crippen LogP contribution in [0.3, 0.4) is 0 Å². The Morgan fingerprint density at radius 3 is 2.58 bits per heavy atom. The molecule has 1 aromatic carbocycles. The summed E-state index contributed by atoms with van der Waals surface area (Å²) in [5.41, 5.74) is 0. The van der Waals surface area contributed by atoms with E-state index in [4.69, 9.17) is 25.5 Å². The number of hydrogen-bond donors (Lipinski definition) is 0. The summed E-state index contributed by atoms with van der Waals surface area (Å²) in [6.07, 6.45) is 0. The number of morpholine rings is 1. The molecule has 1 aliphatic heterocycles. The highest BCUT2D eigenvalue weighted by atomic mass is 35.5. The van der Waals surface area contributed by atoms with Gasteiger partial charge >= 0.3 is 5.22 Å². The standard InChI is InChI=1S/C15H16ClN3O6S/c16-11-1-3-12(4-2-11)24-9-13-17-18-15(25-13)26(21,22)10-14(20)19-5-7-23-8-6-19/h1-4H,5-10H2. The molecule has 0 aliphatic carbocycles. The third-order valence-corrected chi connectivity index (χ3v) is 5.14. The first-order valence-corrected chi connectivity index (χ1v) is 9.76. The maximum Gasteiger partial charge on any atom is 0.336 e. The molecule has 0 spiro atoms. The number of hydrogen-bond acceptors (Lipinski definition) is 8. The highest BCUT2D eigenvalue weighted by molar-refractivity contribution is 7.91. The van der Waals surface area contributed by atoms with Gasteiger partial charge in [-0.25, -0.2) is 8.42 Å². The Morgan fingerprint density at radius 1 is 1.19 bits per heavy atom. The number of aromatic nitrogens is 2. The lowest BCUT2D eigenvalue weighted by molar-refractivity contribution is -0.132. The Balaban J connectivity index is 1.60. The van der Waals surface area contributed by atoms with Crippen LogP contribution in [0.5, 0.6) is 5.75 Å². The monoisotopic (exact) mass is 401 g/mol. The van der Waals surface area contributed by atoms with E-state index in [2.05, 4.69) is 10.2 Å². The fourth-order valence-corrected chi connectivity index (χ4v) is 3.37. The number of nitrogens with zero attached hydrogens (tertiary/aromatic N) is 3. The molecule has 26 heavy (non-hydrogen) atoms. The van der Waals surface area contributed by atoms with E-state index in [0.717, 1.165) is 0 Å². The highest BCUT2D eigenvalue weighted by Crippen LogP contribution is 2.17. The summed E-state index contributed by atoms with van der Waals surface area (Å²) in [5, 5.41) is 7.11. The lowest BCUT2D eigenvalue weighted by Crippen LogP contribution is -2.43. The molecule has 0 unspecified atom stereocenters. The van der Waals surface area contributed by atoms with E-state index in [-0.39, 0.29) is 12.5 Å². The van der Waals surface area contributed by atoms with Gasteiger partial charge in [-0.3, -0.25) is 4.79 Å². The van der Waals surface area contributed by atoms with Gasteiger partial charge in [-0.05, 0) is 24.3 Å². The number of benzene rings is 1. The summed E-state index contributed by atoms with van der Waals surface area (Å²) in [5.74, 6) is -0.755. The largest absolute Gasteiger partial charge is 0.484 e. The number of carbonyl (C=O) groups excluding carboxylic acids is 1. The van der Waals surface area contributed by atoms with E-state index < -0.39 is 26.7 Å². The van der Waals surface area contributed by atoms with Crippen LogP contribution >= 0.6 is 11.6 Å². The quantitative estimate of drug-likeness (QED) is 0.702. The van der Waals surface area contributed by atoms with Crippen LogP contribution in [0.25, 0.3) is 0 Å². The Kier molecular flexibility index (Phi) is 5.74. The van der Waals surface area contributed by atoms with Gasteiger partial charge in [0.15, 0.2) is 6.61 Å². The molecule has 1 fully saturated rings. The van der Waals surface area contributed by atoms with Gasteiger partial charge in [-0.15, -0.1) is 5.10 Å². The zero-order valence-corrected chi connectivity index (χ0v) is 15.2. The first kappa shape index (κ1) is 18.6. The van der Waals surface area contributed by atoms with Crippen LogP contribution in [0.1, 0.15) is 5.89 Å². The van der Waals surface area contributed by atoms with Crippen molar-refractivity contribution >= 4 is 27.3 Å². The molecule has 0 bridgehead atoms. The number of amides is 1. The smallest absolute Gasteiger partial charge is 0.336 e. The first-order chi connectivity index (χ1) is 12.4. The second-order valence-electron chi connectivity index (χ2n) is 5.46. The van der Waals surface area contributed by atoms with Gasteiger partial charge < -0.3 is 18.8 Å². The molecule has 1 amide bonds.